The Morgan fingerprint density at radius 2 is 1.81 bits per heavy atom. The molecule has 0 spiro atoms. The zero-order chi connectivity index (χ0) is 11.0. The predicted octanol–water partition coefficient (Wildman–Crippen LogP) is 3.17. The summed E-state index contributed by atoms with van der Waals surface area (Å²) >= 11 is 0. The summed E-state index contributed by atoms with van der Waals surface area (Å²) < 4.78 is 0. The fourth-order valence-corrected chi connectivity index (χ4v) is 2.11. The molecular formula is C14H14N2. The average Bonchev–Trinajstić information content (AvgIpc) is 2.72. The lowest BCUT2D eigenvalue weighted by Crippen LogP contribution is -2.15. The van der Waals surface area contributed by atoms with Crippen LogP contribution in [0.1, 0.15) is 0 Å². The fourth-order valence-electron chi connectivity index (χ4n) is 2.11. The van der Waals surface area contributed by atoms with Gasteiger partial charge in [0.25, 0.3) is 0 Å². The summed E-state index contributed by atoms with van der Waals surface area (Å²) in [6.45, 7) is 0.896. The minimum Gasteiger partial charge on any atom is -0.366 e. The van der Waals surface area contributed by atoms with Crippen molar-refractivity contribution in [3.63, 3.8) is 0 Å². The Hall–Kier alpha value is -1.96. The van der Waals surface area contributed by atoms with E-state index in [4.69, 9.17) is 0 Å². The van der Waals surface area contributed by atoms with Gasteiger partial charge in [0.15, 0.2) is 0 Å². The lowest BCUT2D eigenvalue weighted by Gasteiger charge is -2.10. The van der Waals surface area contributed by atoms with E-state index in [0.29, 0.717) is 0 Å². The van der Waals surface area contributed by atoms with Crippen molar-refractivity contribution in [3.8, 4) is 11.1 Å². The number of hydrogen-bond acceptors (Lipinski definition) is 2. The van der Waals surface area contributed by atoms with E-state index >= 15 is 0 Å². The van der Waals surface area contributed by atoms with Gasteiger partial charge in [-0.15, -0.1) is 0 Å². The number of nitrogens with zero attached hydrogens (tertiary/aromatic N) is 1. The van der Waals surface area contributed by atoms with Gasteiger partial charge in [-0.1, -0.05) is 36.4 Å². The largest absolute Gasteiger partial charge is 0.366 e. The molecule has 0 aromatic heterocycles. The van der Waals surface area contributed by atoms with Crippen LogP contribution in [0.4, 0.5) is 11.4 Å². The summed E-state index contributed by atoms with van der Waals surface area (Å²) in [5, 5.41) is 3.39. The molecule has 0 atom stereocenters. The third-order valence-electron chi connectivity index (χ3n) is 3.02. The summed E-state index contributed by atoms with van der Waals surface area (Å²) in [5.74, 6) is 0. The normalized spacial score (nSPS) is 13.4. The molecule has 1 aliphatic heterocycles. The number of anilines is 2. The number of benzene rings is 2. The average molecular weight is 210 g/mol. The lowest BCUT2D eigenvalue weighted by molar-refractivity contribution is 1.03. The van der Waals surface area contributed by atoms with Gasteiger partial charge in [-0.25, -0.2) is 0 Å². The van der Waals surface area contributed by atoms with E-state index in [1.165, 1.54) is 22.5 Å². The summed E-state index contributed by atoms with van der Waals surface area (Å²) in [6.07, 6.45) is 0. The molecule has 0 amide bonds. The molecule has 2 nitrogen and oxygen atoms in total. The van der Waals surface area contributed by atoms with Crippen LogP contribution in [0.2, 0.25) is 0 Å². The molecule has 0 saturated heterocycles. The van der Waals surface area contributed by atoms with Crippen molar-refractivity contribution in [2.45, 2.75) is 0 Å². The number of fused-ring (bicyclic) bond motifs is 1. The Balaban J connectivity index is 2.06. The Labute approximate surface area is 95.5 Å². The standard InChI is InChI=1S/C14H14N2/c1-16-10-15-13-9-12(7-8-14(13)16)11-5-3-2-4-6-11/h2-9,15H,10H2,1H3. The van der Waals surface area contributed by atoms with Crippen LogP contribution < -0.4 is 10.2 Å². The first-order valence-electron chi connectivity index (χ1n) is 5.49. The van der Waals surface area contributed by atoms with E-state index in [-0.39, 0.29) is 0 Å². The molecule has 1 N–H and O–H groups in total. The second-order valence-electron chi connectivity index (χ2n) is 4.13. The minimum atomic E-state index is 0.896. The molecule has 2 heteroatoms. The van der Waals surface area contributed by atoms with Crippen LogP contribution in [0.3, 0.4) is 0 Å². The van der Waals surface area contributed by atoms with Crippen LogP contribution in [0.15, 0.2) is 48.5 Å². The number of rotatable bonds is 1. The Morgan fingerprint density at radius 1 is 1.00 bits per heavy atom. The van der Waals surface area contributed by atoms with Gasteiger partial charge in [0.1, 0.15) is 0 Å². The van der Waals surface area contributed by atoms with Crippen LogP contribution in [-0.4, -0.2) is 13.7 Å². The smallest absolute Gasteiger partial charge is 0.0874 e. The van der Waals surface area contributed by atoms with Gasteiger partial charge in [-0.05, 0) is 23.3 Å². The highest BCUT2D eigenvalue weighted by molar-refractivity contribution is 5.80. The van der Waals surface area contributed by atoms with Gasteiger partial charge < -0.3 is 10.2 Å². The number of hydrogen-bond donors (Lipinski definition) is 1. The van der Waals surface area contributed by atoms with Crippen LogP contribution in [0, 0.1) is 0 Å². The first-order valence-corrected chi connectivity index (χ1v) is 5.49. The van der Waals surface area contributed by atoms with Gasteiger partial charge in [0, 0.05) is 7.05 Å². The first kappa shape index (κ1) is 9.28. The minimum absolute atomic E-state index is 0.896. The molecule has 16 heavy (non-hydrogen) atoms. The van der Waals surface area contributed by atoms with E-state index < -0.39 is 0 Å². The van der Waals surface area contributed by atoms with Crippen molar-refractivity contribution in [2.24, 2.45) is 0 Å². The zero-order valence-corrected chi connectivity index (χ0v) is 9.27. The highest BCUT2D eigenvalue weighted by atomic mass is 15.3. The van der Waals surface area contributed by atoms with Gasteiger partial charge in [0.05, 0.1) is 18.0 Å². The number of nitrogens with one attached hydrogen (secondary N) is 1. The van der Waals surface area contributed by atoms with Gasteiger partial charge in [-0.2, -0.15) is 0 Å². The molecule has 0 fully saturated rings. The molecular weight excluding hydrogens is 196 g/mol. The van der Waals surface area contributed by atoms with Gasteiger partial charge >= 0.3 is 0 Å². The van der Waals surface area contributed by atoms with E-state index in [9.17, 15) is 0 Å². The highest BCUT2D eigenvalue weighted by Crippen LogP contribution is 2.34. The highest BCUT2D eigenvalue weighted by Gasteiger charge is 2.14. The molecule has 2 aromatic carbocycles. The second-order valence-corrected chi connectivity index (χ2v) is 4.13. The van der Waals surface area contributed by atoms with Crippen molar-refractivity contribution in [1.29, 1.82) is 0 Å². The third-order valence-corrected chi connectivity index (χ3v) is 3.02. The molecule has 1 aliphatic rings. The molecule has 0 unspecified atom stereocenters. The predicted molar refractivity (Wildman–Crippen MR) is 68.8 cm³/mol. The van der Waals surface area contributed by atoms with Crippen molar-refractivity contribution in [3.05, 3.63) is 48.5 Å². The van der Waals surface area contributed by atoms with Crippen LogP contribution in [0.5, 0.6) is 0 Å². The van der Waals surface area contributed by atoms with Crippen molar-refractivity contribution < 1.29 is 0 Å². The van der Waals surface area contributed by atoms with Crippen LogP contribution in [-0.2, 0) is 0 Å². The van der Waals surface area contributed by atoms with E-state index in [2.05, 4.69) is 59.7 Å². The Kier molecular flexibility index (Phi) is 2.07. The van der Waals surface area contributed by atoms with Crippen molar-refractivity contribution >= 4 is 11.4 Å². The van der Waals surface area contributed by atoms with E-state index in [1.54, 1.807) is 0 Å². The first-order chi connectivity index (χ1) is 7.84. The Morgan fingerprint density at radius 3 is 2.62 bits per heavy atom. The maximum Gasteiger partial charge on any atom is 0.0874 e. The van der Waals surface area contributed by atoms with Gasteiger partial charge in [0.2, 0.25) is 0 Å². The van der Waals surface area contributed by atoms with E-state index in [1.807, 2.05) is 6.07 Å². The topological polar surface area (TPSA) is 15.3 Å². The molecule has 1 heterocycles. The SMILES string of the molecule is CN1CNc2cc(-c3ccccc3)ccc21. The van der Waals surface area contributed by atoms with Crippen LogP contribution in [0.25, 0.3) is 11.1 Å². The van der Waals surface area contributed by atoms with E-state index in [0.717, 1.165) is 6.67 Å². The molecule has 0 saturated carbocycles. The molecule has 0 aliphatic carbocycles. The van der Waals surface area contributed by atoms with Gasteiger partial charge in [-0.3, -0.25) is 0 Å². The zero-order valence-electron chi connectivity index (χ0n) is 9.27. The fraction of sp³-hybridized carbons (Fsp3) is 0.143. The maximum absolute atomic E-state index is 3.39. The summed E-state index contributed by atoms with van der Waals surface area (Å²) in [6, 6.07) is 17.0. The Bertz CT molecular complexity index is 505. The van der Waals surface area contributed by atoms with Crippen molar-refractivity contribution in [1.82, 2.24) is 0 Å². The summed E-state index contributed by atoms with van der Waals surface area (Å²) in [4.78, 5) is 2.21. The molecule has 2 aromatic rings. The maximum atomic E-state index is 3.39. The second kappa shape index (κ2) is 3.56. The molecule has 3 rings (SSSR count). The monoisotopic (exact) mass is 210 g/mol. The van der Waals surface area contributed by atoms with Crippen molar-refractivity contribution in [2.75, 3.05) is 23.9 Å². The summed E-state index contributed by atoms with van der Waals surface area (Å²) in [5.41, 5.74) is 5.03. The molecule has 0 radical (unpaired) electrons. The molecule has 0 bridgehead atoms. The molecule has 80 valence electrons. The third kappa shape index (κ3) is 1.43. The quantitative estimate of drug-likeness (QED) is 0.777. The lowest BCUT2D eigenvalue weighted by atomic mass is 10.0. The summed E-state index contributed by atoms with van der Waals surface area (Å²) in [7, 11) is 2.10. The van der Waals surface area contributed by atoms with Crippen LogP contribution >= 0.6 is 0 Å².